The molecule has 12 heavy (non-hydrogen) atoms. The van der Waals surface area contributed by atoms with E-state index in [1.807, 2.05) is 19.9 Å². The number of benzene rings is 1. The molecule has 1 nitrogen and oxygen atoms in total. The topological polar surface area (TPSA) is 23.8 Å². The highest BCUT2D eigenvalue weighted by molar-refractivity contribution is 6.30. The van der Waals surface area contributed by atoms with E-state index in [9.17, 15) is 4.39 Å². The first kappa shape index (κ1) is 10.9. The van der Waals surface area contributed by atoms with E-state index in [1.165, 1.54) is 18.2 Å². The summed E-state index contributed by atoms with van der Waals surface area (Å²) in [5, 5.41) is 8.31. The average molecular weight is 186 g/mol. The van der Waals surface area contributed by atoms with Gasteiger partial charge in [0.2, 0.25) is 0 Å². The van der Waals surface area contributed by atoms with Gasteiger partial charge in [0, 0.05) is 0 Å². The normalized spacial score (nSPS) is 7.92. The van der Waals surface area contributed by atoms with Crippen molar-refractivity contribution >= 4 is 11.6 Å². The molecule has 1 aromatic rings. The quantitative estimate of drug-likeness (QED) is 0.608. The SMILES string of the molecule is CC.N#Cc1ccc(F)c(Cl)c1. The Bertz CT molecular complexity index is 291. The molecule has 0 spiro atoms. The van der Waals surface area contributed by atoms with Crippen molar-refractivity contribution in [3.05, 3.63) is 34.6 Å². The zero-order valence-corrected chi connectivity index (χ0v) is 7.69. The molecule has 0 bridgehead atoms. The molecule has 1 aromatic carbocycles. The van der Waals surface area contributed by atoms with Gasteiger partial charge in [0.05, 0.1) is 16.7 Å². The second-order valence-corrected chi connectivity index (χ2v) is 2.15. The van der Waals surface area contributed by atoms with E-state index in [4.69, 9.17) is 16.9 Å². The van der Waals surface area contributed by atoms with Crippen LogP contribution in [0.25, 0.3) is 0 Å². The third-order valence-corrected chi connectivity index (χ3v) is 1.34. The zero-order valence-electron chi connectivity index (χ0n) is 6.94. The van der Waals surface area contributed by atoms with E-state index in [0.717, 1.165) is 0 Å². The van der Waals surface area contributed by atoms with Gasteiger partial charge in [-0.25, -0.2) is 4.39 Å². The molecular formula is C9H9ClFN. The number of halogens is 2. The lowest BCUT2D eigenvalue weighted by Gasteiger charge is -1.91. The Kier molecular flexibility index (Phi) is 5.07. The van der Waals surface area contributed by atoms with Crippen molar-refractivity contribution in [3.63, 3.8) is 0 Å². The van der Waals surface area contributed by atoms with Crippen LogP contribution in [-0.2, 0) is 0 Å². The number of nitriles is 1. The fourth-order valence-electron chi connectivity index (χ4n) is 0.566. The fraction of sp³-hybridized carbons (Fsp3) is 0.222. The van der Waals surface area contributed by atoms with Gasteiger partial charge in [-0.1, -0.05) is 25.4 Å². The summed E-state index contributed by atoms with van der Waals surface area (Å²) in [5.41, 5.74) is 0.367. The molecule has 0 saturated heterocycles. The molecule has 0 aliphatic heterocycles. The second kappa shape index (κ2) is 5.56. The predicted octanol–water partition coefficient (Wildman–Crippen LogP) is 3.38. The summed E-state index contributed by atoms with van der Waals surface area (Å²) in [4.78, 5) is 0. The standard InChI is InChI=1S/C7H3ClFN.C2H6/c8-6-3-5(4-10)1-2-7(6)9;1-2/h1-3H;1-2H3. The molecular weight excluding hydrogens is 177 g/mol. The summed E-state index contributed by atoms with van der Waals surface area (Å²) in [6.07, 6.45) is 0. The Morgan fingerprint density at radius 2 is 2.00 bits per heavy atom. The van der Waals surface area contributed by atoms with Crippen molar-refractivity contribution in [1.82, 2.24) is 0 Å². The van der Waals surface area contributed by atoms with Crippen LogP contribution in [0.2, 0.25) is 5.02 Å². The molecule has 0 N–H and O–H groups in total. The molecule has 64 valence electrons. The van der Waals surface area contributed by atoms with E-state index in [1.54, 1.807) is 0 Å². The van der Waals surface area contributed by atoms with Crippen LogP contribution in [0, 0.1) is 17.1 Å². The van der Waals surface area contributed by atoms with Gasteiger partial charge in [-0.15, -0.1) is 0 Å². The smallest absolute Gasteiger partial charge is 0.141 e. The number of hydrogen-bond donors (Lipinski definition) is 0. The van der Waals surface area contributed by atoms with Gasteiger partial charge in [-0.3, -0.25) is 0 Å². The molecule has 0 aliphatic rings. The van der Waals surface area contributed by atoms with Crippen LogP contribution in [0.15, 0.2) is 18.2 Å². The van der Waals surface area contributed by atoms with Crippen molar-refractivity contribution in [2.45, 2.75) is 13.8 Å². The van der Waals surface area contributed by atoms with Crippen molar-refractivity contribution < 1.29 is 4.39 Å². The molecule has 0 radical (unpaired) electrons. The van der Waals surface area contributed by atoms with E-state index in [0.29, 0.717) is 5.56 Å². The maximum absolute atomic E-state index is 12.4. The van der Waals surface area contributed by atoms with Gasteiger partial charge in [0.15, 0.2) is 0 Å². The Morgan fingerprint density at radius 1 is 1.42 bits per heavy atom. The maximum atomic E-state index is 12.4. The third-order valence-electron chi connectivity index (χ3n) is 1.05. The van der Waals surface area contributed by atoms with Crippen LogP contribution in [0.3, 0.4) is 0 Å². The van der Waals surface area contributed by atoms with Crippen LogP contribution in [0.1, 0.15) is 19.4 Å². The monoisotopic (exact) mass is 185 g/mol. The van der Waals surface area contributed by atoms with E-state index < -0.39 is 5.82 Å². The number of hydrogen-bond acceptors (Lipinski definition) is 1. The molecule has 0 amide bonds. The molecule has 0 atom stereocenters. The van der Waals surface area contributed by atoms with Crippen LogP contribution in [-0.4, -0.2) is 0 Å². The first-order chi connectivity index (χ1) is 5.74. The van der Waals surface area contributed by atoms with Gasteiger partial charge in [0.1, 0.15) is 5.82 Å². The van der Waals surface area contributed by atoms with Crippen LogP contribution >= 0.6 is 11.6 Å². The molecule has 0 saturated carbocycles. The van der Waals surface area contributed by atoms with Gasteiger partial charge >= 0.3 is 0 Å². The first-order valence-corrected chi connectivity index (χ1v) is 3.97. The molecule has 0 heterocycles. The summed E-state index contributed by atoms with van der Waals surface area (Å²) < 4.78 is 12.4. The first-order valence-electron chi connectivity index (χ1n) is 3.59. The summed E-state index contributed by atoms with van der Waals surface area (Å²) in [6, 6.07) is 5.68. The molecule has 0 fully saturated rings. The molecule has 0 aliphatic carbocycles. The lowest BCUT2D eigenvalue weighted by Crippen LogP contribution is -1.77. The molecule has 0 aromatic heterocycles. The van der Waals surface area contributed by atoms with E-state index >= 15 is 0 Å². The largest absolute Gasteiger partial charge is 0.205 e. The lowest BCUT2D eigenvalue weighted by molar-refractivity contribution is 0.628. The Balaban J connectivity index is 0.000000561. The summed E-state index contributed by atoms with van der Waals surface area (Å²) in [5.74, 6) is -0.499. The van der Waals surface area contributed by atoms with E-state index in [2.05, 4.69) is 0 Å². The minimum Gasteiger partial charge on any atom is -0.205 e. The third kappa shape index (κ3) is 2.89. The van der Waals surface area contributed by atoms with Crippen LogP contribution in [0.4, 0.5) is 4.39 Å². The fourth-order valence-corrected chi connectivity index (χ4v) is 0.746. The maximum Gasteiger partial charge on any atom is 0.141 e. The number of rotatable bonds is 0. The Labute approximate surface area is 76.4 Å². The summed E-state index contributed by atoms with van der Waals surface area (Å²) in [7, 11) is 0. The van der Waals surface area contributed by atoms with Crippen molar-refractivity contribution in [1.29, 1.82) is 5.26 Å². The minimum absolute atomic E-state index is 0.0148. The minimum atomic E-state index is -0.499. The molecule has 0 unspecified atom stereocenters. The predicted molar refractivity (Wildman–Crippen MR) is 47.5 cm³/mol. The van der Waals surface area contributed by atoms with Crippen LogP contribution < -0.4 is 0 Å². The highest BCUT2D eigenvalue weighted by Gasteiger charge is 1.98. The van der Waals surface area contributed by atoms with Crippen molar-refractivity contribution in [2.75, 3.05) is 0 Å². The van der Waals surface area contributed by atoms with Gasteiger partial charge in [-0.05, 0) is 18.2 Å². The van der Waals surface area contributed by atoms with E-state index in [-0.39, 0.29) is 5.02 Å². The zero-order chi connectivity index (χ0) is 9.56. The van der Waals surface area contributed by atoms with Gasteiger partial charge in [0.25, 0.3) is 0 Å². The van der Waals surface area contributed by atoms with Gasteiger partial charge in [-0.2, -0.15) is 5.26 Å². The molecule has 1 rings (SSSR count). The van der Waals surface area contributed by atoms with Crippen molar-refractivity contribution in [3.8, 4) is 6.07 Å². The van der Waals surface area contributed by atoms with Gasteiger partial charge < -0.3 is 0 Å². The summed E-state index contributed by atoms with van der Waals surface area (Å²) >= 11 is 5.37. The second-order valence-electron chi connectivity index (χ2n) is 1.74. The highest BCUT2D eigenvalue weighted by atomic mass is 35.5. The number of nitrogens with zero attached hydrogens (tertiary/aromatic N) is 1. The average Bonchev–Trinajstić information content (AvgIpc) is 2.13. The van der Waals surface area contributed by atoms with Crippen molar-refractivity contribution in [2.24, 2.45) is 0 Å². The Hall–Kier alpha value is -1.07. The Morgan fingerprint density at radius 3 is 2.42 bits per heavy atom. The lowest BCUT2D eigenvalue weighted by atomic mass is 10.2. The summed E-state index contributed by atoms with van der Waals surface area (Å²) in [6.45, 7) is 4.00. The highest BCUT2D eigenvalue weighted by Crippen LogP contribution is 2.14. The molecule has 3 heteroatoms. The van der Waals surface area contributed by atoms with Crippen LogP contribution in [0.5, 0.6) is 0 Å².